The molecule has 2 atom stereocenters. The standard InChI is InChI=1S/C14H27N3O.2ClH/c1-11(2)13(15)14(18)17-9-5-6-12(10-17)16-7-3-4-8-16;;/h11-13H,3-10,15H2,1-2H3;2*1H/t12?,13-;;/m1../s1. The molecule has 0 radical (unpaired) electrons. The molecule has 20 heavy (non-hydrogen) atoms. The Kier molecular flexibility index (Phi) is 9.07. The summed E-state index contributed by atoms with van der Waals surface area (Å²) in [5.74, 6) is 0.374. The normalized spacial score (nSPS) is 25.0. The number of likely N-dealkylation sites (tertiary alicyclic amines) is 2. The fraction of sp³-hybridized carbons (Fsp3) is 0.929. The number of hydrogen-bond donors (Lipinski definition) is 1. The number of piperidine rings is 1. The Bertz CT molecular complexity index is 296. The summed E-state index contributed by atoms with van der Waals surface area (Å²) >= 11 is 0. The van der Waals surface area contributed by atoms with Crippen molar-refractivity contribution in [2.24, 2.45) is 11.7 Å². The van der Waals surface area contributed by atoms with Gasteiger partial charge in [0.05, 0.1) is 6.04 Å². The number of halogens is 2. The van der Waals surface area contributed by atoms with Crippen molar-refractivity contribution in [3.8, 4) is 0 Å². The molecule has 2 rings (SSSR count). The molecule has 0 aromatic heterocycles. The predicted molar refractivity (Wildman–Crippen MR) is 87.7 cm³/mol. The van der Waals surface area contributed by atoms with Crippen molar-refractivity contribution in [1.82, 2.24) is 9.80 Å². The van der Waals surface area contributed by atoms with Crippen LogP contribution in [-0.4, -0.2) is 54.0 Å². The molecule has 0 spiro atoms. The molecular formula is C14H29Cl2N3O. The van der Waals surface area contributed by atoms with Crippen LogP contribution in [0.15, 0.2) is 0 Å². The number of carbonyl (C=O) groups is 1. The van der Waals surface area contributed by atoms with Crippen LogP contribution in [0.5, 0.6) is 0 Å². The van der Waals surface area contributed by atoms with E-state index in [0.29, 0.717) is 6.04 Å². The van der Waals surface area contributed by atoms with Crippen molar-refractivity contribution < 1.29 is 4.79 Å². The van der Waals surface area contributed by atoms with E-state index in [9.17, 15) is 4.79 Å². The third kappa shape index (κ3) is 4.76. The Labute approximate surface area is 135 Å². The van der Waals surface area contributed by atoms with Crippen LogP contribution in [0.2, 0.25) is 0 Å². The molecular weight excluding hydrogens is 297 g/mol. The van der Waals surface area contributed by atoms with Crippen molar-refractivity contribution >= 4 is 30.7 Å². The lowest BCUT2D eigenvalue weighted by Crippen LogP contribution is -2.54. The third-order valence-corrected chi connectivity index (χ3v) is 4.37. The zero-order chi connectivity index (χ0) is 13.1. The van der Waals surface area contributed by atoms with Gasteiger partial charge in [-0.3, -0.25) is 9.69 Å². The number of nitrogens with zero attached hydrogens (tertiary/aromatic N) is 2. The Hall–Kier alpha value is -0.0300. The monoisotopic (exact) mass is 325 g/mol. The second-order valence-electron chi connectivity index (χ2n) is 6.09. The second-order valence-corrected chi connectivity index (χ2v) is 6.09. The highest BCUT2D eigenvalue weighted by Gasteiger charge is 2.31. The summed E-state index contributed by atoms with van der Waals surface area (Å²) in [5.41, 5.74) is 5.98. The summed E-state index contributed by atoms with van der Waals surface area (Å²) < 4.78 is 0. The third-order valence-electron chi connectivity index (χ3n) is 4.37. The maximum atomic E-state index is 12.3. The average molecular weight is 326 g/mol. The van der Waals surface area contributed by atoms with Gasteiger partial charge in [0.1, 0.15) is 0 Å². The van der Waals surface area contributed by atoms with E-state index in [2.05, 4.69) is 4.90 Å². The van der Waals surface area contributed by atoms with Gasteiger partial charge in [0.15, 0.2) is 0 Å². The molecule has 0 saturated carbocycles. The Morgan fingerprint density at radius 2 is 1.70 bits per heavy atom. The Morgan fingerprint density at radius 3 is 2.25 bits per heavy atom. The van der Waals surface area contributed by atoms with Crippen molar-refractivity contribution in [3.05, 3.63) is 0 Å². The van der Waals surface area contributed by atoms with Crippen LogP contribution < -0.4 is 5.73 Å². The van der Waals surface area contributed by atoms with Gasteiger partial charge in [0, 0.05) is 19.1 Å². The molecule has 2 N–H and O–H groups in total. The van der Waals surface area contributed by atoms with Crippen molar-refractivity contribution in [3.63, 3.8) is 0 Å². The van der Waals surface area contributed by atoms with Crippen LogP contribution in [0.4, 0.5) is 0 Å². The quantitative estimate of drug-likeness (QED) is 0.862. The van der Waals surface area contributed by atoms with Gasteiger partial charge in [-0.2, -0.15) is 0 Å². The first-order valence-electron chi connectivity index (χ1n) is 7.38. The number of rotatable bonds is 3. The van der Waals surface area contributed by atoms with Gasteiger partial charge in [0.2, 0.25) is 5.91 Å². The molecule has 2 aliphatic heterocycles. The molecule has 0 aromatic rings. The Balaban J connectivity index is 0.00000180. The van der Waals surface area contributed by atoms with Crippen LogP contribution in [-0.2, 0) is 4.79 Å². The van der Waals surface area contributed by atoms with Gasteiger partial charge >= 0.3 is 0 Å². The van der Waals surface area contributed by atoms with Gasteiger partial charge in [-0.15, -0.1) is 24.8 Å². The maximum Gasteiger partial charge on any atom is 0.239 e. The fourth-order valence-corrected chi connectivity index (χ4v) is 3.06. The maximum absolute atomic E-state index is 12.3. The van der Waals surface area contributed by atoms with Gasteiger partial charge < -0.3 is 10.6 Å². The van der Waals surface area contributed by atoms with Crippen molar-refractivity contribution in [2.75, 3.05) is 26.2 Å². The second kappa shape index (κ2) is 9.08. The van der Waals surface area contributed by atoms with Crippen LogP contribution in [0.25, 0.3) is 0 Å². The first kappa shape index (κ1) is 20.0. The molecule has 2 fully saturated rings. The lowest BCUT2D eigenvalue weighted by Gasteiger charge is -2.38. The largest absolute Gasteiger partial charge is 0.340 e. The molecule has 0 aromatic carbocycles. The molecule has 120 valence electrons. The molecule has 6 heteroatoms. The van der Waals surface area contributed by atoms with E-state index in [-0.39, 0.29) is 42.7 Å². The highest BCUT2D eigenvalue weighted by molar-refractivity contribution is 5.85. The molecule has 1 amide bonds. The van der Waals surface area contributed by atoms with Gasteiger partial charge in [-0.05, 0) is 44.7 Å². The van der Waals surface area contributed by atoms with Crippen molar-refractivity contribution in [2.45, 2.75) is 51.6 Å². The van der Waals surface area contributed by atoms with E-state index < -0.39 is 0 Å². The minimum atomic E-state index is -0.331. The highest BCUT2D eigenvalue weighted by Crippen LogP contribution is 2.21. The van der Waals surface area contributed by atoms with E-state index in [1.165, 1.54) is 32.4 Å². The molecule has 2 heterocycles. The molecule has 0 aliphatic carbocycles. The minimum Gasteiger partial charge on any atom is -0.340 e. The first-order chi connectivity index (χ1) is 8.59. The molecule has 2 aliphatic rings. The molecule has 1 unspecified atom stereocenters. The topological polar surface area (TPSA) is 49.6 Å². The molecule has 4 nitrogen and oxygen atoms in total. The van der Waals surface area contributed by atoms with E-state index in [0.717, 1.165) is 19.5 Å². The fourth-order valence-electron chi connectivity index (χ4n) is 3.06. The summed E-state index contributed by atoms with van der Waals surface area (Å²) in [6.45, 7) is 8.24. The predicted octanol–water partition coefficient (Wildman–Crippen LogP) is 1.90. The summed E-state index contributed by atoms with van der Waals surface area (Å²) in [7, 11) is 0. The zero-order valence-corrected chi connectivity index (χ0v) is 14.2. The molecule has 0 bridgehead atoms. The van der Waals surface area contributed by atoms with Crippen molar-refractivity contribution in [1.29, 1.82) is 0 Å². The summed E-state index contributed by atoms with van der Waals surface area (Å²) in [6.07, 6.45) is 4.99. The highest BCUT2D eigenvalue weighted by atomic mass is 35.5. The van der Waals surface area contributed by atoms with E-state index >= 15 is 0 Å². The van der Waals surface area contributed by atoms with Gasteiger partial charge in [-0.25, -0.2) is 0 Å². The van der Waals surface area contributed by atoms with Gasteiger partial charge in [0.25, 0.3) is 0 Å². The van der Waals surface area contributed by atoms with Crippen LogP contribution >= 0.6 is 24.8 Å². The van der Waals surface area contributed by atoms with E-state index in [4.69, 9.17) is 5.73 Å². The summed E-state index contributed by atoms with van der Waals surface area (Å²) in [4.78, 5) is 16.8. The van der Waals surface area contributed by atoms with Crippen LogP contribution in [0.3, 0.4) is 0 Å². The smallest absolute Gasteiger partial charge is 0.239 e. The summed E-state index contributed by atoms with van der Waals surface area (Å²) in [6, 6.07) is 0.242. The number of carbonyl (C=O) groups excluding carboxylic acids is 1. The van der Waals surface area contributed by atoms with Gasteiger partial charge in [-0.1, -0.05) is 13.8 Å². The minimum absolute atomic E-state index is 0. The lowest BCUT2D eigenvalue weighted by molar-refractivity contribution is -0.135. The summed E-state index contributed by atoms with van der Waals surface area (Å²) in [5, 5.41) is 0. The Morgan fingerprint density at radius 1 is 1.10 bits per heavy atom. The first-order valence-corrected chi connectivity index (χ1v) is 7.38. The lowest BCUT2D eigenvalue weighted by atomic mass is 10.00. The zero-order valence-electron chi connectivity index (χ0n) is 12.6. The average Bonchev–Trinajstić information content (AvgIpc) is 2.91. The number of nitrogens with two attached hydrogens (primary N) is 1. The van der Waals surface area contributed by atoms with Crippen LogP contribution in [0, 0.1) is 5.92 Å². The SMILES string of the molecule is CC(C)[C@@H](N)C(=O)N1CCCC(N2CCCC2)C1.Cl.Cl. The molecule has 2 saturated heterocycles. The number of amides is 1. The van der Waals surface area contributed by atoms with Crippen LogP contribution in [0.1, 0.15) is 39.5 Å². The number of hydrogen-bond acceptors (Lipinski definition) is 3. The van der Waals surface area contributed by atoms with E-state index in [1.807, 2.05) is 18.7 Å². The van der Waals surface area contributed by atoms with E-state index in [1.54, 1.807) is 0 Å².